The van der Waals surface area contributed by atoms with E-state index in [1.165, 1.54) is 0 Å². The standard InChI is InChI=1S/C18H37N2O5P/c1-17(2)18(21)19-13-9-7-6-8-11-15-24-26(22,23)25-16-12-10-14-20(3,4)5/h1,6-16H2,2-5H3,(H-,19,21,22,23)/p+1. The van der Waals surface area contributed by atoms with Crippen LogP contribution in [-0.2, 0) is 18.4 Å². The average Bonchev–Trinajstić information content (AvgIpc) is 2.51. The Labute approximate surface area is 159 Å². The van der Waals surface area contributed by atoms with Gasteiger partial charge in [0.15, 0.2) is 0 Å². The van der Waals surface area contributed by atoms with Gasteiger partial charge in [-0.3, -0.25) is 13.8 Å². The number of carbonyl (C=O) groups is 1. The highest BCUT2D eigenvalue weighted by Gasteiger charge is 2.20. The minimum atomic E-state index is -3.92. The normalized spacial score (nSPS) is 14.0. The Hall–Kier alpha value is -0.720. The van der Waals surface area contributed by atoms with Gasteiger partial charge in [0, 0.05) is 12.1 Å². The minimum Gasteiger partial charge on any atom is -0.352 e. The number of phosphoric acid groups is 1. The lowest BCUT2D eigenvalue weighted by Gasteiger charge is -2.23. The Morgan fingerprint density at radius 2 is 1.50 bits per heavy atom. The van der Waals surface area contributed by atoms with Gasteiger partial charge < -0.3 is 14.7 Å². The van der Waals surface area contributed by atoms with Gasteiger partial charge in [-0.05, 0) is 32.6 Å². The van der Waals surface area contributed by atoms with E-state index >= 15 is 0 Å². The molecule has 0 spiro atoms. The molecule has 0 aromatic carbocycles. The Morgan fingerprint density at radius 1 is 1.00 bits per heavy atom. The van der Waals surface area contributed by atoms with Crippen LogP contribution in [-0.4, -0.2) is 62.7 Å². The molecule has 0 heterocycles. The van der Waals surface area contributed by atoms with Crippen LogP contribution in [0.2, 0.25) is 0 Å². The smallest absolute Gasteiger partial charge is 0.352 e. The number of quaternary nitrogens is 1. The van der Waals surface area contributed by atoms with E-state index in [9.17, 15) is 14.3 Å². The van der Waals surface area contributed by atoms with E-state index in [1.54, 1.807) is 6.92 Å². The first-order valence-electron chi connectivity index (χ1n) is 9.39. The lowest BCUT2D eigenvalue weighted by molar-refractivity contribution is -0.870. The summed E-state index contributed by atoms with van der Waals surface area (Å²) in [7, 11) is 2.41. The molecule has 7 nitrogen and oxygen atoms in total. The average molecular weight is 393 g/mol. The summed E-state index contributed by atoms with van der Waals surface area (Å²) < 4.78 is 22.6. The topological polar surface area (TPSA) is 84.9 Å². The molecule has 1 atom stereocenters. The Balaban J connectivity index is 3.51. The van der Waals surface area contributed by atoms with Crippen LogP contribution in [0.1, 0.15) is 51.9 Å². The zero-order valence-corrected chi connectivity index (χ0v) is 17.9. The molecule has 0 aliphatic heterocycles. The van der Waals surface area contributed by atoms with Crippen LogP contribution >= 0.6 is 7.82 Å². The van der Waals surface area contributed by atoms with Crippen LogP contribution < -0.4 is 5.32 Å². The van der Waals surface area contributed by atoms with Gasteiger partial charge in [0.1, 0.15) is 0 Å². The molecule has 0 radical (unpaired) electrons. The molecule has 1 amide bonds. The minimum absolute atomic E-state index is 0.102. The van der Waals surface area contributed by atoms with Crippen molar-refractivity contribution in [3.8, 4) is 0 Å². The lowest BCUT2D eigenvalue weighted by Crippen LogP contribution is -2.35. The Bertz CT molecular complexity index is 463. The molecule has 0 aliphatic carbocycles. The summed E-state index contributed by atoms with van der Waals surface area (Å²) in [5.41, 5.74) is 0.520. The number of phosphoric ester groups is 1. The molecule has 0 saturated heterocycles. The van der Waals surface area contributed by atoms with Gasteiger partial charge in [-0.2, -0.15) is 0 Å². The Kier molecular flexibility index (Phi) is 13.1. The summed E-state index contributed by atoms with van der Waals surface area (Å²) >= 11 is 0. The second-order valence-electron chi connectivity index (χ2n) is 7.66. The molecule has 0 aliphatic rings. The third-order valence-corrected chi connectivity index (χ3v) is 4.74. The third-order valence-electron chi connectivity index (χ3n) is 3.73. The molecule has 2 N–H and O–H groups in total. The highest BCUT2D eigenvalue weighted by molar-refractivity contribution is 7.47. The van der Waals surface area contributed by atoms with Gasteiger partial charge in [-0.1, -0.05) is 25.8 Å². The summed E-state index contributed by atoms with van der Waals surface area (Å²) in [6, 6.07) is 0. The summed E-state index contributed by atoms with van der Waals surface area (Å²) in [5.74, 6) is -0.102. The number of rotatable bonds is 16. The first-order valence-corrected chi connectivity index (χ1v) is 10.9. The second-order valence-corrected chi connectivity index (χ2v) is 9.11. The summed E-state index contributed by atoms with van der Waals surface area (Å²) in [6.45, 7) is 7.37. The number of amides is 1. The number of hydrogen-bond donors (Lipinski definition) is 2. The van der Waals surface area contributed by atoms with Crippen LogP contribution in [0.5, 0.6) is 0 Å². The second kappa shape index (κ2) is 13.4. The van der Waals surface area contributed by atoms with Crippen molar-refractivity contribution in [1.82, 2.24) is 5.32 Å². The molecule has 154 valence electrons. The van der Waals surface area contributed by atoms with E-state index in [-0.39, 0.29) is 19.1 Å². The van der Waals surface area contributed by atoms with Crippen LogP contribution in [0.25, 0.3) is 0 Å². The molecule has 26 heavy (non-hydrogen) atoms. The molecule has 0 aromatic rings. The van der Waals surface area contributed by atoms with Crippen molar-refractivity contribution in [3.05, 3.63) is 12.2 Å². The van der Waals surface area contributed by atoms with Crippen molar-refractivity contribution >= 4 is 13.7 Å². The molecule has 1 unspecified atom stereocenters. The van der Waals surface area contributed by atoms with Gasteiger partial charge in [0.2, 0.25) is 5.91 Å². The van der Waals surface area contributed by atoms with E-state index in [1.807, 2.05) is 0 Å². The van der Waals surface area contributed by atoms with Crippen molar-refractivity contribution in [3.63, 3.8) is 0 Å². The highest BCUT2D eigenvalue weighted by Crippen LogP contribution is 2.43. The maximum Gasteiger partial charge on any atom is 0.472 e. The fourth-order valence-electron chi connectivity index (χ4n) is 2.20. The van der Waals surface area contributed by atoms with Crippen LogP contribution in [0.4, 0.5) is 0 Å². The largest absolute Gasteiger partial charge is 0.472 e. The van der Waals surface area contributed by atoms with E-state index in [2.05, 4.69) is 33.0 Å². The van der Waals surface area contributed by atoms with Crippen molar-refractivity contribution < 1.29 is 27.8 Å². The van der Waals surface area contributed by atoms with E-state index < -0.39 is 7.82 Å². The van der Waals surface area contributed by atoms with Crippen LogP contribution in [0.3, 0.4) is 0 Å². The molecule has 8 heteroatoms. The summed E-state index contributed by atoms with van der Waals surface area (Å²) in [5, 5.41) is 2.79. The molecule has 0 fully saturated rings. The molecule has 0 saturated carbocycles. The maximum absolute atomic E-state index is 11.7. The maximum atomic E-state index is 11.7. The van der Waals surface area contributed by atoms with E-state index in [4.69, 9.17) is 9.05 Å². The third kappa shape index (κ3) is 16.7. The van der Waals surface area contributed by atoms with Crippen LogP contribution in [0.15, 0.2) is 12.2 Å². The SMILES string of the molecule is C=C(C)C(=O)NCCCCCCCOP(=O)(O)OCCCC[N+](C)(C)C. The monoisotopic (exact) mass is 393 g/mol. The number of nitrogens with zero attached hydrogens (tertiary/aromatic N) is 1. The van der Waals surface area contributed by atoms with Crippen molar-refractivity contribution in [1.29, 1.82) is 0 Å². The van der Waals surface area contributed by atoms with Gasteiger partial charge in [0.05, 0.1) is 40.9 Å². The fraction of sp³-hybridized carbons (Fsp3) is 0.833. The molecular weight excluding hydrogens is 355 g/mol. The first kappa shape index (κ1) is 25.3. The van der Waals surface area contributed by atoms with Gasteiger partial charge in [-0.15, -0.1) is 0 Å². The number of hydrogen-bond acceptors (Lipinski definition) is 4. The fourth-order valence-corrected chi connectivity index (χ4v) is 2.99. The first-order chi connectivity index (χ1) is 12.0. The molecular formula is C18H38N2O5P+. The zero-order chi connectivity index (χ0) is 20.1. The van der Waals surface area contributed by atoms with E-state index in [0.29, 0.717) is 18.5 Å². The summed E-state index contributed by atoms with van der Waals surface area (Å²) in [4.78, 5) is 20.9. The molecule has 0 bridgehead atoms. The van der Waals surface area contributed by atoms with Gasteiger partial charge in [-0.25, -0.2) is 4.57 Å². The zero-order valence-electron chi connectivity index (χ0n) is 17.0. The van der Waals surface area contributed by atoms with Gasteiger partial charge in [0.25, 0.3) is 0 Å². The van der Waals surface area contributed by atoms with Crippen molar-refractivity contribution in [2.24, 2.45) is 0 Å². The number of nitrogens with one attached hydrogen (secondary N) is 1. The predicted octanol–water partition coefficient (Wildman–Crippen LogP) is 3.25. The number of carbonyl (C=O) groups excluding carboxylic acids is 1. The van der Waals surface area contributed by atoms with Gasteiger partial charge >= 0.3 is 7.82 Å². The highest BCUT2D eigenvalue weighted by atomic mass is 31.2. The van der Waals surface area contributed by atoms with Crippen molar-refractivity contribution in [2.45, 2.75) is 51.9 Å². The van der Waals surface area contributed by atoms with Crippen LogP contribution in [0, 0.1) is 0 Å². The Morgan fingerprint density at radius 3 is 2.04 bits per heavy atom. The molecule has 0 aromatic heterocycles. The van der Waals surface area contributed by atoms with E-state index in [0.717, 1.165) is 49.6 Å². The quantitative estimate of drug-likeness (QED) is 0.182. The molecule has 0 rings (SSSR count). The lowest BCUT2D eigenvalue weighted by atomic mass is 10.1. The summed E-state index contributed by atoms with van der Waals surface area (Å²) in [6.07, 6.45) is 6.21. The number of unbranched alkanes of at least 4 members (excludes halogenated alkanes) is 5. The predicted molar refractivity (Wildman–Crippen MR) is 105 cm³/mol. The van der Waals surface area contributed by atoms with Crippen molar-refractivity contribution in [2.75, 3.05) is 47.4 Å².